The van der Waals surface area contributed by atoms with Gasteiger partial charge in [-0.25, -0.2) is 0 Å². The van der Waals surface area contributed by atoms with Crippen LogP contribution in [0.2, 0.25) is 0 Å². The molecule has 1 rings (SSSR count). The number of carbonyl (C=O) groups excluding carboxylic acids is 1. The van der Waals surface area contributed by atoms with E-state index in [1.54, 1.807) is 24.1 Å². The first-order chi connectivity index (χ1) is 9.72. The van der Waals surface area contributed by atoms with Gasteiger partial charge >= 0.3 is 0 Å². The second-order valence-corrected chi connectivity index (χ2v) is 4.43. The molecule has 0 bridgehead atoms. The minimum atomic E-state index is -0.0726. The Morgan fingerprint density at radius 3 is 2.60 bits per heavy atom. The van der Waals surface area contributed by atoms with Crippen LogP contribution in [0.4, 0.5) is 0 Å². The molecular formula is C15H21N3O2. The van der Waals surface area contributed by atoms with Gasteiger partial charge in [-0.2, -0.15) is 5.26 Å². The molecule has 1 amide bonds. The maximum Gasteiger partial charge on any atom is 0.253 e. The van der Waals surface area contributed by atoms with Crippen LogP contribution in [0.5, 0.6) is 0 Å². The molecule has 1 aromatic carbocycles. The predicted molar refractivity (Wildman–Crippen MR) is 77.2 cm³/mol. The summed E-state index contributed by atoms with van der Waals surface area (Å²) in [6, 6.07) is 9.50. The molecule has 5 heteroatoms. The van der Waals surface area contributed by atoms with Crippen LogP contribution in [0.25, 0.3) is 0 Å². The zero-order chi connectivity index (χ0) is 14.8. The standard InChI is InChI=1S/C15H21N3O2/c1-20-12-11-18(10-2-8-16)15(19)14-5-3-13(4-6-14)7-9-17/h3-6H,2,7,9-12,17H2,1H3. The minimum Gasteiger partial charge on any atom is -0.383 e. The molecule has 0 radical (unpaired) electrons. The van der Waals surface area contributed by atoms with Gasteiger partial charge in [0.2, 0.25) is 0 Å². The average Bonchev–Trinajstić information content (AvgIpc) is 2.48. The molecular weight excluding hydrogens is 254 g/mol. The molecule has 0 heterocycles. The fourth-order valence-corrected chi connectivity index (χ4v) is 1.86. The Hall–Kier alpha value is -1.90. The fraction of sp³-hybridized carbons (Fsp3) is 0.467. The lowest BCUT2D eigenvalue weighted by Crippen LogP contribution is -2.34. The summed E-state index contributed by atoms with van der Waals surface area (Å²) in [6.45, 7) is 1.96. The van der Waals surface area contributed by atoms with Crippen molar-refractivity contribution in [3.63, 3.8) is 0 Å². The van der Waals surface area contributed by atoms with Crippen LogP contribution >= 0.6 is 0 Å². The molecule has 0 spiro atoms. The summed E-state index contributed by atoms with van der Waals surface area (Å²) in [5, 5.41) is 8.66. The van der Waals surface area contributed by atoms with Gasteiger partial charge in [0.1, 0.15) is 0 Å². The molecule has 0 atom stereocenters. The van der Waals surface area contributed by atoms with Crippen molar-refractivity contribution < 1.29 is 9.53 Å². The number of carbonyl (C=O) groups is 1. The molecule has 0 unspecified atom stereocenters. The molecule has 5 nitrogen and oxygen atoms in total. The quantitative estimate of drug-likeness (QED) is 0.773. The first-order valence-electron chi connectivity index (χ1n) is 6.67. The van der Waals surface area contributed by atoms with Gasteiger partial charge in [-0.05, 0) is 30.7 Å². The summed E-state index contributed by atoms with van der Waals surface area (Å²) >= 11 is 0. The number of hydrogen-bond donors (Lipinski definition) is 1. The first kappa shape index (κ1) is 16.2. The van der Waals surface area contributed by atoms with E-state index in [-0.39, 0.29) is 5.91 Å². The average molecular weight is 275 g/mol. The molecule has 0 aromatic heterocycles. The van der Waals surface area contributed by atoms with Crippen LogP contribution in [-0.4, -0.2) is 44.2 Å². The SMILES string of the molecule is COCCN(CCC#N)C(=O)c1ccc(CCN)cc1. The van der Waals surface area contributed by atoms with E-state index < -0.39 is 0 Å². The van der Waals surface area contributed by atoms with Crippen molar-refractivity contribution >= 4 is 5.91 Å². The Bertz CT molecular complexity index is 451. The lowest BCUT2D eigenvalue weighted by molar-refractivity contribution is 0.0700. The van der Waals surface area contributed by atoms with Gasteiger partial charge in [-0.1, -0.05) is 12.1 Å². The van der Waals surface area contributed by atoms with Gasteiger partial charge in [0, 0.05) is 25.8 Å². The Morgan fingerprint density at radius 2 is 2.05 bits per heavy atom. The first-order valence-corrected chi connectivity index (χ1v) is 6.67. The number of benzene rings is 1. The monoisotopic (exact) mass is 275 g/mol. The minimum absolute atomic E-state index is 0.0726. The van der Waals surface area contributed by atoms with Crippen LogP contribution in [0, 0.1) is 11.3 Å². The van der Waals surface area contributed by atoms with E-state index in [2.05, 4.69) is 6.07 Å². The molecule has 108 valence electrons. The Balaban J connectivity index is 2.74. The smallest absolute Gasteiger partial charge is 0.253 e. The Labute approximate surface area is 119 Å². The van der Waals surface area contributed by atoms with Crippen LogP contribution in [0.3, 0.4) is 0 Å². The van der Waals surface area contributed by atoms with Crippen LogP contribution in [0.15, 0.2) is 24.3 Å². The van der Waals surface area contributed by atoms with E-state index in [1.807, 2.05) is 12.1 Å². The number of nitrogens with two attached hydrogens (primary N) is 1. The molecule has 20 heavy (non-hydrogen) atoms. The van der Waals surface area contributed by atoms with E-state index in [9.17, 15) is 4.79 Å². The van der Waals surface area contributed by atoms with Crippen LogP contribution in [0.1, 0.15) is 22.3 Å². The number of amides is 1. The zero-order valence-corrected chi connectivity index (χ0v) is 11.8. The second kappa shape index (κ2) is 9.08. The van der Waals surface area contributed by atoms with Gasteiger partial charge in [0.25, 0.3) is 5.91 Å². The number of nitriles is 1. The zero-order valence-electron chi connectivity index (χ0n) is 11.8. The van der Waals surface area contributed by atoms with Crippen molar-refractivity contribution in [2.24, 2.45) is 5.73 Å². The Morgan fingerprint density at radius 1 is 1.35 bits per heavy atom. The maximum absolute atomic E-state index is 12.4. The van der Waals surface area contributed by atoms with Crippen molar-refractivity contribution in [1.82, 2.24) is 4.90 Å². The molecule has 0 aliphatic rings. The highest BCUT2D eigenvalue weighted by Gasteiger charge is 2.15. The van der Waals surface area contributed by atoms with E-state index in [4.69, 9.17) is 15.7 Å². The van der Waals surface area contributed by atoms with Gasteiger partial charge in [-0.15, -0.1) is 0 Å². The third-order valence-corrected chi connectivity index (χ3v) is 2.98. The molecule has 0 aliphatic heterocycles. The van der Waals surface area contributed by atoms with Crippen molar-refractivity contribution in [3.05, 3.63) is 35.4 Å². The molecule has 0 aliphatic carbocycles. The van der Waals surface area contributed by atoms with Crippen LogP contribution in [-0.2, 0) is 11.2 Å². The number of ether oxygens (including phenoxy) is 1. The molecule has 0 saturated heterocycles. The summed E-state index contributed by atoms with van der Waals surface area (Å²) < 4.78 is 5.00. The molecule has 2 N–H and O–H groups in total. The second-order valence-electron chi connectivity index (χ2n) is 4.43. The van der Waals surface area contributed by atoms with Crippen molar-refractivity contribution in [3.8, 4) is 6.07 Å². The fourth-order valence-electron chi connectivity index (χ4n) is 1.86. The highest BCUT2D eigenvalue weighted by molar-refractivity contribution is 5.94. The highest BCUT2D eigenvalue weighted by Crippen LogP contribution is 2.09. The third-order valence-electron chi connectivity index (χ3n) is 2.98. The lowest BCUT2D eigenvalue weighted by atomic mass is 10.1. The normalized spacial score (nSPS) is 10.1. The van der Waals surface area contributed by atoms with E-state index in [0.717, 1.165) is 12.0 Å². The van der Waals surface area contributed by atoms with E-state index in [1.165, 1.54) is 0 Å². The predicted octanol–water partition coefficient (Wildman–Crippen LogP) is 1.19. The van der Waals surface area contributed by atoms with Crippen molar-refractivity contribution in [2.45, 2.75) is 12.8 Å². The maximum atomic E-state index is 12.4. The molecule has 0 fully saturated rings. The van der Waals surface area contributed by atoms with Gasteiger partial charge in [0.15, 0.2) is 0 Å². The highest BCUT2D eigenvalue weighted by atomic mass is 16.5. The lowest BCUT2D eigenvalue weighted by Gasteiger charge is -2.21. The largest absolute Gasteiger partial charge is 0.383 e. The summed E-state index contributed by atoms with van der Waals surface area (Å²) in [7, 11) is 1.59. The summed E-state index contributed by atoms with van der Waals surface area (Å²) in [5.74, 6) is -0.0726. The van der Waals surface area contributed by atoms with E-state index in [0.29, 0.717) is 38.2 Å². The molecule has 0 saturated carbocycles. The van der Waals surface area contributed by atoms with E-state index >= 15 is 0 Å². The molecule has 1 aromatic rings. The van der Waals surface area contributed by atoms with Gasteiger partial charge in [0.05, 0.1) is 19.1 Å². The van der Waals surface area contributed by atoms with Gasteiger partial charge < -0.3 is 15.4 Å². The number of hydrogen-bond acceptors (Lipinski definition) is 4. The third kappa shape index (κ3) is 5.00. The van der Waals surface area contributed by atoms with Crippen molar-refractivity contribution in [2.75, 3.05) is 33.4 Å². The number of nitrogens with zero attached hydrogens (tertiary/aromatic N) is 2. The topological polar surface area (TPSA) is 79.3 Å². The van der Waals surface area contributed by atoms with Crippen LogP contribution < -0.4 is 5.73 Å². The summed E-state index contributed by atoms with van der Waals surface area (Å²) in [5.41, 5.74) is 7.24. The van der Waals surface area contributed by atoms with Gasteiger partial charge in [-0.3, -0.25) is 4.79 Å². The number of methoxy groups -OCH3 is 1. The van der Waals surface area contributed by atoms with Crippen molar-refractivity contribution in [1.29, 1.82) is 5.26 Å². The summed E-state index contributed by atoms with van der Waals surface area (Å²) in [6.07, 6.45) is 1.12. The Kier molecular flexibility index (Phi) is 7.33. The number of rotatable bonds is 8. The summed E-state index contributed by atoms with van der Waals surface area (Å²) in [4.78, 5) is 14.0.